The van der Waals surface area contributed by atoms with Crippen LogP contribution in [-0.4, -0.2) is 42.7 Å². The normalized spacial score (nSPS) is 18.0. The minimum Gasteiger partial charge on any atom is -0.495 e. The Morgan fingerprint density at radius 2 is 1.88 bits per heavy atom. The lowest BCUT2D eigenvalue weighted by molar-refractivity contribution is -0.384. The summed E-state index contributed by atoms with van der Waals surface area (Å²) in [4.78, 5) is 34.8. The van der Waals surface area contributed by atoms with Crippen molar-refractivity contribution >= 4 is 23.1 Å². The van der Waals surface area contributed by atoms with E-state index < -0.39 is 27.8 Å². The van der Waals surface area contributed by atoms with E-state index in [1.165, 1.54) is 19.2 Å². The molecule has 0 atom stereocenters. The van der Waals surface area contributed by atoms with Gasteiger partial charge < -0.3 is 19.5 Å². The number of carbonyl (C=O) groups is 2. The van der Waals surface area contributed by atoms with Gasteiger partial charge in [0.2, 0.25) is 5.78 Å². The molecule has 0 radical (unpaired) electrons. The third-order valence-corrected chi connectivity index (χ3v) is 4.02. The highest BCUT2D eigenvalue weighted by atomic mass is 16.7. The Morgan fingerprint density at radius 1 is 1.27 bits per heavy atom. The van der Waals surface area contributed by atoms with Crippen molar-refractivity contribution in [1.82, 2.24) is 0 Å². The van der Waals surface area contributed by atoms with Crippen molar-refractivity contribution in [3.8, 4) is 5.75 Å². The Balaban J connectivity index is 2.06. The molecule has 1 aliphatic rings. The lowest BCUT2D eigenvalue weighted by atomic mass is 9.85. The molecule has 1 amide bonds. The number of ether oxygens (including phenoxy) is 3. The molecule has 0 unspecified atom stereocenters. The van der Waals surface area contributed by atoms with Gasteiger partial charge in [-0.3, -0.25) is 19.7 Å². The Labute approximate surface area is 150 Å². The number of amides is 1. The summed E-state index contributed by atoms with van der Waals surface area (Å²) in [5.41, 5.74) is -0.796. The number of nitro groups is 1. The van der Waals surface area contributed by atoms with Crippen LogP contribution in [0.2, 0.25) is 0 Å². The fourth-order valence-electron chi connectivity index (χ4n) is 2.45. The first kappa shape index (κ1) is 19.8. The predicted octanol–water partition coefficient (Wildman–Crippen LogP) is 2.29. The van der Waals surface area contributed by atoms with E-state index in [4.69, 9.17) is 14.2 Å². The molecule has 1 N–H and O–H groups in total. The lowest BCUT2D eigenvalue weighted by Crippen LogP contribution is -2.46. The van der Waals surface area contributed by atoms with E-state index in [0.717, 1.165) is 6.07 Å². The lowest BCUT2D eigenvalue weighted by Gasteiger charge is -2.41. The van der Waals surface area contributed by atoms with Gasteiger partial charge in [0.15, 0.2) is 5.79 Å². The average Bonchev–Trinajstić information content (AvgIpc) is 2.57. The molecule has 9 heteroatoms. The number of nitrogens with zero attached hydrogens (tertiary/aromatic N) is 1. The molecule has 0 saturated carbocycles. The average molecular weight is 366 g/mol. The summed E-state index contributed by atoms with van der Waals surface area (Å²) in [6.45, 7) is 5.89. The summed E-state index contributed by atoms with van der Waals surface area (Å²) >= 11 is 0. The Kier molecular flexibility index (Phi) is 5.62. The molecule has 1 fully saturated rings. The van der Waals surface area contributed by atoms with E-state index in [0.29, 0.717) is 0 Å². The van der Waals surface area contributed by atoms with Crippen LogP contribution in [-0.2, 0) is 19.1 Å². The molecule has 1 aromatic rings. The monoisotopic (exact) mass is 366 g/mol. The van der Waals surface area contributed by atoms with E-state index in [-0.39, 0.29) is 36.8 Å². The number of non-ortho nitro benzene ring substituents is 1. The van der Waals surface area contributed by atoms with Gasteiger partial charge in [-0.25, -0.2) is 0 Å². The molecule has 26 heavy (non-hydrogen) atoms. The highest BCUT2D eigenvalue weighted by Crippen LogP contribution is 2.33. The number of methoxy groups -OCH3 is 1. The van der Waals surface area contributed by atoms with Crippen LogP contribution in [0.4, 0.5) is 11.4 Å². The van der Waals surface area contributed by atoms with Crippen molar-refractivity contribution in [3.63, 3.8) is 0 Å². The quantitative estimate of drug-likeness (QED) is 0.466. The van der Waals surface area contributed by atoms with Crippen LogP contribution in [0.1, 0.15) is 27.2 Å². The summed E-state index contributed by atoms with van der Waals surface area (Å²) in [6.07, 6.45) is -0.0772. The van der Waals surface area contributed by atoms with E-state index >= 15 is 0 Å². The van der Waals surface area contributed by atoms with Gasteiger partial charge in [-0.05, 0) is 19.9 Å². The first-order chi connectivity index (χ1) is 12.1. The van der Waals surface area contributed by atoms with E-state index in [9.17, 15) is 19.7 Å². The number of ketones is 1. The van der Waals surface area contributed by atoms with Crippen LogP contribution in [0.5, 0.6) is 5.75 Å². The molecule has 9 nitrogen and oxygen atoms in total. The molecule has 1 heterocycles. The summed E-state index contributed by atoms with van der Waals surface area (Å²) < 4.78 is 16.2. The SMILES string of the molecule is COc1ccc([N+](=O)[O-])cc1NC(=O)C(=O)CC1(C)COC(C)(C)OC1. The van der Waals surface area contributed by atoms with Gasteiger partial charge in [0.05, 0.1) is 30.9 Å². The Morgan fingerprint density at radius 3 is 2.42 bits per heavy atom. The first-order valence-electron chi connectivity index (χ1n) is 8.00. The second kappa shape index (κ2) is 7.38. The minimum atomic E-state index is -0.880. The fraction of sp³-hybridized carbons (Fsp3) is 0.529. The number of anilines is 1. The molecule has 1 aliphatic heterocycles. The van der Waals surface area contributed by atoms with Crippen molar-refractivity contribution < 1.29 is 28.7 Å². The number of carbonyl (C=O) groups excluding carboxylic acids is 2. The van der Waals surface area contributed by atoms with Crippen molar-refractivity contribution in [1.29, 1.82) is 0 Å². The van der Waals surface area contributed by atoms with Crippen LogP contribution in [0.25, 0.3) is 0 Å². The van der Waals surface area contributed by atoms with Gasteiger partial charge in [-0.15, -0.1) is 0 Å². The van der Waals surface area contributed by atoms with Gasteiger partial charge >= 0.3 is 0 Å². The summed E-state index contributed by atoms with van der Waals surface area (Å²) in [5.74, 6) is -2.06. The van der Waals surface area contributed by atoms with Crippen molar-refractivity contribution in [2.45, 2.75) is 33.0 Å². The second-order valence-corrected chi connectivity index (χ2v) is 6.98. The third-order valence-electron chi connectivity index (χ3n) is 4.02. The number of nitro benzene ring substituents is 1. The van der Waals surface area contributed by atoms with Crippen LogP contribution in [0.15, 0.2) is 18.2 Å². The number of hydrogen-bond acceptors (Lipinski definition) is 7. The zero-order valence-corrected chi connectivity index (χ0v) is 15.2. The van der Waals surface area contributed by atoms with Crippen molar-refractivity contribution in [2.75, 3.05) is 25.6 Å². The standard InChI is InChI=1S/C17H22N2O7/c1-16(2)25-9-17(3,10-26-16)8-13(20)15(21)18-12-7-11(19(22)23)5-6-14(12)24-4/h5-7H,8-10H2,1-4H3,(H,18,21). The summed E-state index contributed by atoms with van der Waals surface area (Å²) in [7, 11) is 1.36. The second-order valence-electron chi connectivity index (χ2n) is 6.98. The van der Waals surface area contributed by atoms with Crippen LogP contribution in [0.3, 0.4) is 0 Å². The van der Waals surface area contributed by atoms with Crippen LogP contribution in [0, 0.1) is 15.5 Å². The van der Waals surface area contributed by atoms with E-state index in [2.05, 4.69) is 5.32 Å². The maximum atomic E-state index is 12.3. The van der Waals surface area contributed by atoms with Crippen LogP contribution >= 0.6 is 0 Å². The number of nitrogens with one attached hydrogen (secondary N) is 1. The maximum Gasteiger partial charge on any atom is 0.291 e. The van der Waals surface area contributed by atoms with Crippen LogP contribution < -0.4 is 10.1 Å². The predicted molar refractivity (Wildman–Crippen MR) is 92.0 cm³/mol. The molecule has 1 saturated heterocycles. The van der Waals surface area contributed by atoms with E-state index in [1.54, 1.807) is 20.8 Å². The Bertz CT molecular complexity index is 720. The Hall–Kier alpha value is -2.52. The number of Topliss-reactive ketones (excluding diaryl/α,β-unsaturated/α-hetero) is 1. The van der Waals surface area contributed by atoms with Gasteiger partial charge in [0, 0.05) is 24.0 Å². The molecular weight excluding hydrogens is 344 g/mol. The number of hydrogen-bond donors (Lipinski definition) is 1. The number of benzene rings is 1. The highest BCUT2D eigenvalue weighted by molar-refractivity contribution is 6.40. The van der Waals surface area contributed by atoms with Gasteiger partial charge in [-0.1, -0.05) is 6.92 Å². The minimum absolute atomic E-state index is 0.0579. The van der Waals surface area contributed by atoms with Gasteiger partial charge in [-0.2, -0.15) is 0 Å². The zero-order valence-electron chi connectivity index (χ0n) is 15.2. The van der Waals surface area contributed by atoms with Gasteiger partial charge in [0.1, 0.15) is 5.75 Å². The summed E-state index contributed by atoms with van der Waals surface area (Å²) in [5, 5.41) is 13.3. The molecule has 2 rings (SSSR count). The number of rotatable bonds is 6. The van der Waals surface area contributed by atoms with Crippen molar-refractivity contribution in [3.05, 3.63) is 28.3 Å². The third kappa shape index (κ3) is 4.77. The van der Waals surface area contributed by atoms with Gasteiger partial charge in [0.25, 0.3) is 11.6 Å². The topological polar surface area (TPSA) is 117 Å². The largest absolute Gasteiger partial charge is 0.495 e. The molecular formula is C17H22N2O7. The fourth-order valence-corrected chi connectivity index (χ4v) is 2.45. The maximum absolute atomic E-state index is 12.3. The molecule has 0 spiro atoms. The van der Waals surface area contributed by atoms with E-state index in [1.807, 2.05) is 0 Å². The highest BCUT2D eigenvalue weighted by Gasteiger charge is 2.39. The molecule has 0 aromatic heterocycles. The molecule has 0 bridgehead atoms. The smallest absolute Gasteiger partial charge is 0.291 e. The zero-order chi connectivity index (χ0) is 19.5. The summed E-state index contributed by atoms with van der Waals surface area (Å²) in [6, 6.07) is 3.74. The first-order valence-corrected chi connectivity index (χ1v) is 8.00. The molecule has 0 aliphatic carbocycles. The molecule has 1 aromatic carbocycles. The molecule has 142 valence electrons. The van der Waals surface area contributed by atoms with Crippen molar-refractivity contribution in [2.24, 2.45) is 5.41 Å².